The van der Waals surface area contributed by atoms with E-state index in [-0.39, 0.29) is 12.6 Å². The van der Waals surface area contributed by atoms with Gasteiger partial charge in [-0.05, 0) is 12.5 Å². The zero-order valence-corrected chi connectivity index (χ0v) is 6.73. The Labute approximate surface area is 65.8 Å². The van der Waals surface area contributed by atoms with Gasteiger partial charge in [-0.1, -0.05) is 18.5 Å². The maximum absolute atomic E-state index is 10.6. The second-order valence-corrected chi connectivity index (χ2v) is 2.05. The van der Waals surface area contributed by atoms with Gasteiger partial charge in [0, 0.05) is 12.0 Å². The molecular formula is C7H11ClO2. The van der Waals surface area contributed by atoms with Gasteiger partial charge in [0.2, 0.25) is 0 Å². The van der Waals surface area contributed by atoms with Gasteiger partial charge in [-0.3, -0.25) is 4.79 Å². The molecule has 0 saturated heterocycles. The van der Waals surface area contributed by atoms with Gasteiger partial charge >= 0.3 is 5.97 Å². The van der Waals surface area contributed by atoms with Crippen LogP contribution in [0.15, 0.2) is 11.6 Å². The van der Waals surface area contributed by atoms with Crippen LogP contribution in [0.2, 0.25) is 0 Å². The molecule has 0 saturated carbocycles. The van der Waals surface area contributed by atoms with E-state index in [4.69, 9.17) is 16.3 Å². The van der Waals surface area contributed by atoms with Gasteiger partial charge in [0.25, 0.3) is 0 Å². The van der Waals surface area contributed by atoms with Crippen LogP contribution in [0.25, 0.3) is 0 Å². The highest BCUT2D eigenvalue weighted by Crippen LogP contribution is 1.91. The van der Waals surface area contributed by atoms with Gasteiger partial charge < -0.3 is 4.74 Å². The largest absolute Gasteiger partial charge is 0.461 e. The predicted octanol–water partition coefficient (Wildman–Crippen LogP) is 2.08. The first-order valence-electron chi connectivity index (χ1n) is 3.22. The van der Waals surface area contributed by atoms with E-state index in [1.54, 1.807) is 6.08 Å². The Kier molecular flexibility index (Phi) is 6.29. The third-order valence-electron chi connectivity index (χ3n) is 0.884. The number of carbonyl (C=O) groups is 1. The molecule has 0 aliphatic rings. The zero-order valence-electron chi connectivity index (χ0n) is 5.97. The molecule has 3 heteroatoms. The van der Waals surface area contributed by atoms with Gasteiger partial charge in [-0.15, -0.1) is 0 Å². The van der Waals surface area contributed by atoms with Crippen LogP contribution in [0, 0.1) is 0 Å². The van der Waals surface area contributed by atoms with E-state index in [2.05, 4.69) is 0 Å². The molecular weight excluding hydrogens is 152 g/mol. The number of esters is 1. The highest BCUT2D eigenvalue weighted by molar-refractivity contribution is 6.25. The fourth-order valence-electron chi connectivity index (χ4n) is 0.454. The SMILES string of the molecule is CCCC(=O)OC/C=C/Cl. The van der Waals surface area contributed by atoms with Crippen molar-refractivity contribution in [3.8, 4) is 0 Å². The normalized spacial score (nSPS) is 10.2. The molecule has 0 aromatic carbocycles. The lowest BCUT2D eigenvalue weighted by molar-refractivity contribution is -0.142. The van der Waals surface area contributed by atoms with Crippen LogP contribution in [0.1, 0.15) is 19.8 Å². The lowest BCUT2D eigenvalue weighted by Gasteiger charge is -1.97. The van der Waals surface area contributed by atoms with Gasteiger partial charge in [0.15, 0.2) is 0 Å². The van der Waals surface area contributed by atoms with Crippen molar-refractivity contribution in [2.24, 2.45) is 0 Å². The first kappa shape index (κ1) is 9.50. The molecule has 0 amide bonds. The van der Waals surface area contributed by atoms with Crippen LogP contribution in [-0.4, -0.2) is 12.6 Å². The van der Waals surface area contributed by atoms with Crippen molar-refractivity contribution in [1.82, 2.24) is 0 Å². The van der Waals surface area contributed by atoms with Crippen molar-refractivity contribution in [3.05, 3.63) is 11.6 Å². The minimum Gasteiger partial charge on any atom is -0.461 e. The molecule has 0 atom stereocenters. The lowest BCUT2D eigenvalue weighted by atomic mass is 10.3. The van der Waals surface area contributed by atoms with Crippen molar-refractivity contribution < 1.29 is 9.53 Å². The van der Waals surface area contributed by atoms with Crippen LogP contribution in [0.5, 0.6) is 0 Å². The standard InChI is InChI=1S/C7H11ClO2/c1-2-4-7(9)10-6-3-5-8/h3,5H,2,4,6H2,1H3/b5-3+. The Morgan fingerprint density at radius 2 is 2.40 bits per heavy atom. The molecule has 10 heavy (non-hydrogen) atoms. The molecule has 0 heterocycles. The molecule has 0 aromatic heterocycles. The molecule has 0 bridgehead atoms. The summed E-state index contributed by atoms with van der Waals surface area (Å²) >= 11 is 5.19. The second kappa shape index (κ2) is 6.62. The summed E-state index contributed by atoms with van der Waals surface area (Å²) < 4.78 is 4.71. The summed E-state index contributed by atoms with van der Waals surface area (Å²) in [5, 5.41) is 0. The van der Waals surface area contributed by atoms with Crippen LogP contribution in [0.3, 0.4) is 0 Å². The van der Waals surface area contributed by atoms with Crippen molar-refractivity contribution in [2.75, 3.05) is 6.61 Å². The minimum absolute atomic E-state index is 0.169. The quantitative estimate of drug-likeness (QED) is 0.592. The molecule has 0 aromatic rings. The van der Waals surface area contributed by atoms with Gasteiger partial charge in [0.05, 0.1) is 0 Å². The third-order valence-corrected chi connectivity index (χ3v) is 1.06. The fraction of sp³-hybridized carbons (Fsp3) is 0.571. The number of carbonyl (C=O) groups excluding carboxylic acids is 1. The number of halogens is 1. The monoisotopic (exact) mass is 162 g/mol. The third kappa shape index (κ3) is 5.63. The van der Waals surface area contributed by atoms with Crippen molar-refractivity contribution >= 4 is 17.6 Å². The Bertz CT molecular complexity index is 121. The summed E-state index contributed by atoms with van der Waals surface area (Å²) in [5.41, 5.74) is 1.33. The Hall–Kier alpha value is -0.500. The molecule has 0 fully saturated rings. The van der Waals surface area contributed by atoms with Crippen LogP contribution in [-0.2, 0) is 9.53 Å². The van der Waals surface area contributed by atoms with Gasteiger partial charge in [-0.2, -0.15) is 0 Å². The molecule has 0 aliphatic heterocycles. The summed E-state index contributed by atoms with van der Waals surface area (Å²) in [6.45, 7) is 2.21. The second-order valence-electron chi connectivity index (χ2n) is 1.79. The van der Waals surface area contributed by atoms with E-state index in [1.165, 1.54) is 5.54 Å². The first-order valence-corrected chi connectivity index (χ1v) is 3.65. The summed E-state index contributed by atoms with van der Waals surface area (Å²) in [4.78, 5) is 10.6. The van der Waals surface area contributed by atoms with Gasteiger partial charge in [0.1, 0.15) is 6.61 Å². The number of hydrogen-bond acceptors (Lipinski definition) is 2. The maximum atomic E-state index is 10.6. The molecule has 0 N–H and O–H groups in total. The molecule has 0 aliphatic carbocycles. The summed E-state index contributed by atoms with van der Waals surface area (Å²) in [6, 6.07) is 0. The van der Waals surface area contributed by atoms with Crippen molar-refractivity contribution in [3.63, 3.8) is 0 Å². The molecule has 0 rings (SSSR count). The zero-order chi connectivity index (χ0) is 7.82. The highest BCUT2D eigenvalue weighted by atomic mass is 35.5. The van der Waals surface area contributed by atoms with Crippen LogP contribution < -0.4 is 0 Å². The average molecular weight is 163 g/mol. The smallest absolute Gasteiger partial charge is 0.306 e. The number of hydrogen-bond donors (Lipinski definition) is 0. The number of ether oxygens (including phenoxy) is 1. The van der Waals surface area contributed by atoms with E-state index in [0.29, 0.717) is 6.42 Å². The van der Waals surface area contributed by atoms with E-state index < -0.39 is 0 Å². The molecule has 0 spiro atoms. The molecule has 2 nitrogen and oxygen atoms in total. The molecule has 58 valence electrons. The van der Waals surface area contributed by atoms with Crippen molar-refractivity contribution in [1.29, 1.82) is 0 Å². The highest BCUT2D eigenvalue weighted by Gasteiger charge is 1.96. The Morgan fingerprint density at radius 1 is 1.70 bits per heavy atom. The Balaban J connectivity index is 3.21. The van der Waals surface area contributed by atoms with E-state index in [1.807, 2.05) is 6.92 Å². The van der Waals surface area contributed by atoms with Crippen LogP contribution in [0.4, 0.5) is 0 Å². The summed E-state index contributed by atoms with van der Waals surface area (Å²) in [7, 11) is 0. The van der Waals surface area contributed by atoms with E-state index in [9.17, 15) is 4.79 Å². The summed E-state index contributed by atoms with van der Waals surface area (Å²) in [6.07, 6.45) is 2.88. The summed E-state index contributed by atoms with van der Waals surface area (Å²) in [5.74, 6) is -0.169. The molecule has 0 unspecified atom stereocenters. The fourth-order valence-corrected chi connectivity index (χ4v) is 0.526. The van der Waals surface area contributed by atoms with Crippen molar-refractivity contribution in [2.45, 2.75) is 19.8 Å². The minimum atomic E-state index is -0.169. The maximum Gasteiger partial charge on any atom is 0.306 e. The number of rotatable bonds is 4. The Morgan fingerprint density at radius 3 is 2.90 bits per heavy atom. The average Bonchev–Trinajstić information content (AvgIpc) is 1.89. The molecule has 0 radical (unpaired) electrons. The van der Waals surface area contributed by atoms with Crippen LogP contribution >= 0.6 is 11.6 Å². The lowest BCUT2D eigenvalue weighted by Crippen LogP contribution is -2.02. The van der Waals surface area contributed by atoms with E-state index in [0.717, 1.165) is 6.42 Å². The first-order chi connectivity index (χ1) is 4.81. The topological polar surface area (TPSA) is 26.3 Å². The van der Waals surface area contributed by atoms with Gasteiger partial charge in [-0.25, -0.2) is 0 Å². The van der Waals surface area contributed by atoms with E-state index >= 15 is 0 Å². The predicted molar refractivity (Wildman–Crippen MR) is 40.9 cm³/mol.